The SMILES string of the molecule is Cn1c(=O)n(CC(=O)N(CCO)C2CC2)c2ccccc21. The normalized spacial score (nSPS) is 14.6. The number of fused-ring (bicyclic) bond motifs is 1. The van der Waals surface area contributed by atoms with Crippen LogP contribution in [0.2, 0.25) is 0 Å². The number of rotatable bonds is 5. The van der Waals surface area contributed by atoms with Crippen molar-refractivity contribution in [2.75, 3.05) is 13.2 Å². The van der Waals surface area contributed by atoms with E-state index in [1.54, 1.807) is 16.5 Å². The number of carbonyl (C=O) groups is 1. The largest absolute Gasteiger partial charge is 0.395 e. The van der Waals surface area contributed by atoms with Crippen LogP contribution in [0.3, 0.4) is 0 Å². The maximum absolute atomic E-state index is 12.4. The van der Waals surface area contributed by atoms with Gasteiger partial charge in [0.2, 0.25) is 5.91 Å². The molecule has 3 rings (SSSR count). The summed E-state index contributed by atoms with van der Waals surface area (Å²) in [6.45, 7) is 0.312. The van der Waals surface area contributed by atoms with Crippen LogP contribution in [-0.2, 0) is 18.4 Å². The zero-order valence-electron chi connectivity index (χ0n) is 12.0. The zero-order chi connectivity index (χ0) is 15.0. The molecule has 0 aliphatic heterocycles. The number of aliphatic hydroxyl groups is 1. The number of hydrogen-bond acceptors (Lipinski definition) is 3. The van der Waals surface area contributed by atoms with Gasteiger partial charge in [0.25, 0.3) is 0 Å². The van der Waals surface area contributed by atoms with Gasteiger partial charge in [0.1, 0.15) is 6.54 Å². The Morgan fingerprint density at radius 3 is 2.62 bits per heavy atom. The number of aromatic nitrogens is 2. The monoisotopic (exact) mass is 289 g/mol. The van der Waals surface area contributed by atoms with Crippen molar-refractivity contribution < 1.29 is 9.90 Å². The molecule has 0 atom stereocenters. The number of amides is 1. The van der Waals surface area contributed by atoms with Crippen molar-refractivity contribution in [2.24, 2.45) is 7.05 Å². The average molecular weight is 289 g/mol. The third-order valence-electron chi connectivity index (χ3n) is 3.99. The second kappa shape index (κ2) is 5.37. The van der Waals surface area contributed by atoms with E-state index in [2.05, 4.69) is 0 Å². The number of benzene rings is 1. The van der Waals surface area contributed by atoms with Crippen molar-refractivity contribution in [2.45, 2.75) is 25.4 Å². The minimum absolute atomic E-state index is 0.0245. The van der Waals surface area contributed by atoms with Crippen molar-refractivity contribution in [1.82, 2.24) is 14.0 Å². The molecule has 1 N–H and O–H groups in total. The third-order valence-corrected chi connectivity index (χ3v) is 3.99. The van der Waals surface area contributed by atoms with Crippen molar-refractivity contribution in [1.29, 1.82) is 0 Å². The lowest BCUT2D eigenvalue weighted by atomic mass is 10.3. The molecule has 0 bridgehead atoms. The van der Waals surface area contributed by atoms with Gasteiger partial charge in [-0.05, 0) is 25.0 Å². The highest BCUT2D eigenvalue weighted by molar-refractivity contribution is 5.81. The van der Waals surface area contributed by atoms with Crippen molar-refractivity contribution >= 4 is 16.9 Å². The lowest BCUT2D eigenvalue weighted by Gasteiger charge is -2.21. The summed E-state index contributed by atoms with van der Waals surface area (Å²) in [5.41, 5.74) is 1.39. The molecule has 2 aromatic rings. The van der Waals surface area contributed by atoms with Crippen LogP contribution in [0.25, 0.3) is 11.0 Å². The molecule has 0 radical (unpaired) electrons. The van der Waals surface area contributed by atoms with Crippen LogP contribution in [0.15, 0.2) is 29.1 Å². The number of aliphatic hydroxyl groups excluding tert-OH is 1. The molecule has 0 saturated heterocycles. The topological polar surface area (TPSA) is 67.5 Å². The van der Waals surface area contributed by atoms with Crippen LogP contribution >= 0.6 is 0 Å². The Morgan fingerprint density at radius 1 is 1.33 bits per heavy atom. The summed E-state index contributed by atoms with van der Waals surface area (Å²) in [5.74, 6) is -0.106. The van der Waals surface area contributed by atoms with E-state index in [1.165, 1.54) is 4.57 Å². The molecule has 1 aromatic heterocycles. The molecule has 112 valence electrons. The van der Waals surface area contributed by atoms with Crippen LogP contribution < -0.4 is 5.69 Å². The standard InChI is InChI=1S/C15H19N3O3/c1-16-12-4-2-3-5-13(12)18(15(16)21)10-14(20)17(8-9-19)11-6-7-11/h2-5,11,19H,6-10H2,1H3. The highest BCUT2D eigenvalue weighted by Gasteiger charge is 2.32. The number of para-hydroxylation sites is 2. The molecular weight excluding hydrogens is 270 g/mol. The minimum Gasteiger partial charge on any atom is -0.395 e. The van der Waals surface area contributed by atoms with Crippen LogP contribution in [0.1, 0.15) is 12.8 Å². The van der Waals surface area contributed by atoms with Gasteiger partial charge in [-0.2, -0.15) is 0 Å². The van der Waals surface area contributed by atoms with Gasteiger partial charge in [0.05, 0.1) is 17.6 Å². The van der Waals surface area contributed by atoms with Gasteiger partial charge in [0.15, 0.2) is 0 Å². The summed E-state index contributed by atoms with van der Waals surface area (Å²) in [4.78, 5) is 26.4. The van der Waals surface area contributed by atoms with E-state index in [4.69, 9.17) is 5.11 Å². The lowest BCUT2D eigenvalue weighted by Crippen LogP contribution is -2.39. The predicted octanol–water partition coefficient (Wildman–Crippen LogP) is 0.323. The molecule has 1 aromatic carbocycles. The fraction of sp³-hybridized carbons (Fsp3) is 0.467. The van der Waals surface area contributed by atoms with E-state index < -0.39 is 0 Å². The van der Waals surface area contributed by atoms with E-state index in [0.29, 0.717) is 6.54 Å². The second-order valence-electron chi connectivity index (χ2n) is 5.46. The molecule has 1 amide bonds. The predicted molar refractivity (Wildman–Crippen MR) is 79.0 cm³/mol. The summed E-state index contributed by atoms with van der Waals surface area (Å²) in [7, 11) is 1.71. The summed E-state index contributed by atoms with van der Waals surface area (Å²) in [6.07, 6.45) is 1.96. The van der Waals surface area contributed by atoms with E-state index in [-0.39, 0.29) is 30.8 Å². The fourth-order valence-corrected chi connectivity index (χ4v) is 2.75. The van der Waals surface area contributed by atoms with Crippen LogP contribution in [-0.4, -0.2) is 44.2 Å². The first-order chi connectivity index (χ1) is 10.1. The number of imidazole rings is 1. The number of nitrogens with zero attached hydrogens (tertiary/aromatic N) is 3. The molecule has 0 spiro atoms. The average Bonchev–Trinajstić information content (AvgIpc) is 3.30. The fourth-order valence-electron chi connectivity index (χ4n) is 2.75. The first kappa shape index (κ1) is 13.9. The smallest absolute Gasteiger partial charge is 0.329 e. The van der Waals surface area contributed by atoms with E-state index in [0.717, 1.165) is 23.9 Å². The molecule has 1 saturated carbocycles. The molecule has 6 nitrogen and oxygen atoms in total. The molecule has 1 aliphatic rings. The Balaban J connectivity index is 1.92. The highest BCUT2D eigenvalue weighted by Crippen LogP contribution is 2.26. The second-order valence-corrected chi connectivity index (χ2v) is 5.46. The number of hydrogen-bond donors (Lipinski definition) is 1. The van der Waals surface area contributed by atoms with E-state index in [1.807, 2.05) is 24.3 Å². The molecule has 1 fully saturated rings. The van der Waals surface area contributed by atoms with E-state index in [9.17, 15) is 9.59 Å². The van der Waals surface area contributed by atoms with Crippen molar-refractivity contribution in [3.05, 3.63) is 34.7 Å². The highest BCUT2D eigenvalue weighted by atomic mass is 16.3. The van der Waals surface area contributed by atoms with Gasteiger partial charge < -0.3 is 10.0 Å². The quantitative estimate of drug-likeness (QED) is 0.862. The molecular formula is C15H19N3O3. The lowest BCUT2D eigenvalue weighted by molar-refractivity contribution is -0.132. The minimum atomic E-state index is -0.190. The van der Waals surface area contributed by atoms with Gasteiger partial charge in [-0.3, -0.25) is 13.9 Å². The zero-order valence-corrected chi connectivity index (χ0v) is 12.0. The van der Waals surface area contributed by atoms with Gasteiger partial charge in [-0.15, -0.1) is 0 Å². The third kappa shape index (κ3) is 2.47. The Labute approximate surface area is 122 Å². The molecule has 6 heteroatoms. The first-order valence-corrected chi connectivity index (χ1v) is 7.18. The van der Waals surface area contributed by atoms with Crippen LogP contribution in [0, 0.1) is 0 Å². The Bertz CT molecular complexity index is 727. The Morgan fingerprint density at radius 2 is 2.00 bits per heavy atom. The van der Waals surface area contributed by atoms with Gasteiger partial charge >= 0.3 is 5.69 Å². The van der Waals surface area contributed by atoms with Gasteiger partial charge in [-0.1, -0.05) is 12.1 Å². The van der Waals surface area contributed by atoms with Crippen LogP contribution in [0.4, 0.5) is 0 Å². The Hall–Kier alpha value is -2.08. The maximum Gasteiger partial charge on any atom is 0.329 e. The number of aryl methyl sites for hydroxylation is 1. The molecule has 1 aliphatic carbocycles. The molecule has 21 heavy (non-hydrogen) atoms. The van der Waals surface area contributed by atoms with Gasteiger partial charge in [0, 0.05) is 19.6 Å². The number of carbonyl (C=O) groups excluding carboxylic acids is 1. The summed E-state index contributed by atoms with van der Waals surface area (Å²) < 4.78 is 3.06. The molecule has 1 heterocycles. The summed E-state index contributed by atoms with van der Waals surface area (Å²) >= 11 is 0. The molecule has 0 unspecified atom stereocenters. The summed E-state index contributed by atoms with van der Waals surface area (Å²) in [5, 5.41) is 9.09. The van der Waals surface area contributed by atoms with Crippen molar-refractivity contribution in [3.63, 3.8) is 0 Å². The van der Waals surface area contributed by atoms with Gasteiger partial charge in [-0.25, -0.2) is 4.79 Å². The van der Waals surface area contributed by atoms with Crippen LogP contribution in [0.5, 0.6) is 0 Å². The maximum atomic E-state index is 12.4. The van der Waals surface area contributed by atoms with Crippen molar-refractivity contribution in [3.8, 4) is 0 Å². The first-order valence-electron chi connectivity index (χ1n) is 7.18. The van der Waals surface area contributed by atoms with E-state index >= 15 is 0 Å². The Kier molecular flexibility index (Phi) is 3.55. The summed E-state index contributed by atoms with van der Waals surface area (Å²) in [6, 6.07) is 7.67.